The molecular formula is C26H29N3O5. The molecule has 0 bridgehead atoms. The van der Waals surface area contributed by atoms with Gasteiger partial charge < -0.3 is 18.9 Å². The number of fused-ring (bicyclic) bond motifs is 4. The summed E-state index contributed by atoms with van der Waals surface area (Å²) in [4.78, 5) is 43.7. The Bertz CT molecular complexity index is 1340. The molecule has 1 amide bonds. The molecule has 2 aromatic heterocycles. The summed E-state index contributed by atoms with van der Waals surface area (Å²) >= 11 is 0. The van der Waals surface area contributed by atoms with Crippen LogP contribution in [0, 0.1) is 6.92 Å². The Labute approximate surface area is 198 Å². The van der Waals surface area contributed by atoms with Crippen LogP contribution in [0.1, 0.15) is 43.0 Å². The number of pyridine rings is 2. The van der Waals surface area contributed by atoms with Crippen LogP contribution in [0.4, 0.5) is 4.79 Å². The summed E-state index contributed by atoms with van der Waals surface area (Å²) < 4.78 is 11.3. The number of benzene rings is 1. The second-order valence-electron chi connectivity index (χ2n) is 8.82. The van der Waals surface area contributed by atoms with Crippen molar-refractivity contribution in [2.75, 3.05) is 13.7 Å². The van der Waals surface area contributed by atoms with Gasteiger partial charge in [-0.25, -0.2) is 9.78 Å². The van der Waals surface area contributed by atoms with E-state index in [4.69, 9.17) is 9.72 Å². The van der Waals surface area contributed by atoms with E-state index >= 15 is 0 Å². The van der Waals surface area contributed by atoms with E-state index in [-0.39, 0.29) is 24.1 Å². The summed E-state index contributed by atoms with van der Waals surface area (Å²) in [5.41, 5.74) is 5.41. The van der Waals surface area contributed by atoms with Crippen LogP contribution in [0.3, 0.4) is 0 Å². The quantitative estimate of drug-likeness (QED) is 0.404. The largest absolute Gasteiger partial charge is 0.508 e. The van der Waals surface area contributed by atoms with Gasteiger partial charge in [0.2, 0.25) is 5.91 Å². The van der Waals surface area contributed by atoms with Crippen LogP contribution >= 0.6 is 0 Å². The summed E-state index contributed by atoms with van der Waals surface area (Å²) in [6, 6.07) is 9.95. The normalized spacial score (nSPS) is 11.9. The van der Waals surface area contributed by atoms with Gasteiger partial charge in [0.05, 0.1) is 36.1 Å². The number of para-hydroxylation sites is 1. The highest BCUT2D eigenvalue weighted by Crippen LogP contribution is 2.36. The topological polar surface area (TPSA) is 90.7 Å². The standard InChI is InChI=1S/C26H29N3O5/c1-15(2)28(17(4)30)11-10-18-19-8-6-7-9-22(19)27-24-20(18)13-29-23(24)12-16(3)21(25(29)31)14-34-26(32)33-5/h6-9,12,15H,10-11,13-14H2,1-5H3. The number of ether oxygens (including phenoxy) is 2. The minimum Gasteiger partial charge on any atom is -0.438 e. The first-order valence-corrected chi connectivity index (χ1v) is 11.3. The molecule has 0 aliphatic carbocycles. The number of nitrogens with zero attached hydrogens (tertiary/aromatic N) is 3. The smallest absolute Gasteiger partial charge is 0.438 e. The van der Waals surface area contributed by atoms with Crippen LogP contribution < -0.4 is 5.56 Å². The van der Waals surface area contributed by atoms with E-state index < -0.39 is 6.16 Å². The van der Waals surface area contributed by atoms with Crippen LogP contribution in [0.5, 0.6) is 0 Å². The number of carbonyl (C=O) groups excluding carboxylic acids is 2. The van der Waals surface area contributed by atoms with E-state index in [1.807, 2.05) is 56.0 Å². The van der Waals surface area contributed by atoms with Crippen molar-refractivity contribution in [3.63, 3.8) is 0 Å². The van der Waals surface area contributed by atoms with Gasteiger partial charge >= 0.3 is 6.16 Å². The predicted molar refractivity (Wildman–Crippen MR) is 129 cm³/mol. The van der Waals surface area contributed by atoms with E-state index in [0.29, 0.717) is 25.1 Å². The Morgan fingerprint density at radius 1 is 1.21 bits per heavy atom. The van der Waals surface area contributed by atoms with Gasteiger partial charge in [0.15, 0.2) is 0 Å². The highest BCUT2D eigenvalue weighted by Gasteiger charge is 2.28. The van der Waals surface area contributed by atoms with Crippen LogP contribution in [0.2, 0.25) is 0 Å². The van der Waals surface area contributed by atoms with Crippen molar-refractivity contribution in [2.24, 2.45) is 0 Å². The summed E-state index contributed by atoms with van der Waals surface area (Å²) in [6.45, 7) is 8.23. The van der Waals surface area contributed by atoms with Gasteiger partial charge in [0, 0.05) is 30.5 Å². The Kier molecular flexibility index (Phi) is 6.41. The van der Waals surface area contributed by atoms with Crippen LogP contribution in [-0.2, 0) is 33.8 Å². The maximum Gasteiger partial charge on any atom is 0.508 e. The first kappa shape index (κ1) is 23.5. The molecule has 0 radical (unpaired) electrons. The zero-order valence-corrected chi connectivity index (χ0v) is 20.2. The number of aromatic nitrogens is 2. The van der Waals surface area contributed by atoms with Crippen molar-refractivity contribution in [3.05, 3.63) is 62.9 Å². The monoisotopic (exact) mass is 463 g/mol. The third-order valence-corrected chi connectivity index (χ3v) is 6.43. The molecule has 3 heterocycles. The molecule has 0 N–H and O–H groups in total. The van der Waals surface area contributed by atoms with Gasteiger partial charge in [-0.2, -0.15) is 0 Å². The van der Waals surface area contributed by atoms with Crippen LogP contribution in [-0.4, -0.2) is 46.2 Å². The molecule has 0 saturated heterocycles. The lowest BCUT2D eigenvalue weighted by Crippen LogP contribution is -2.36. The second-order valence-corrected chi connectivity index (χ2v) is 8.82. The summed E-state index contributed by atoms with van der Waals surface area (Å²) in [5.74, 6) is 0.0374. The second kappa shape index (κ2) is 9.29. The average molecular weight is 464 g/mol. The fraction of sp³-hybridized carbons (Fsp3) is 0.385. The summed E-state index contributed by atoms with van der Waals surface area (Å²) in [6.07, 6.45) is -0.175. The molecule has 0 atom stereocenters. The molecule has 4 rings (SSSR count). The molecule has 8 heteroatoms. The summed E-state index contributed by atoms with van der Waals surface area (Å²) in [7, 11) is 1.23. The zero-order valence-electron chi connectivity index (χ0n) is 20.2. The van der Waals surface area contributed by atoms with E-state index in [2.05, 4.69) is 4.74 Å². The van der Waals surface area contributed by atoms with E-state index in [9.17, 15) is 14.4 Å². The molecule has 8 nitrogen and oxygen atoms in total. The average Bonchev–Trinajstić information content (AvgIpc) is 3.16. The van der Waals surface area contributed by atoms with E-state index in [1.54, 1.807) is 11.5 Å². The van der Waals surface area contributed by atoms with Crippen molar-refractivity contribution in [1.82, 2.24) is 14.5 Å². The first-order valence-electron chi connectivity index (χ1n) is 11.3. The molecule has 1 aliphatic rings. The predicted octanol–water partition coefficient (Wildman–Crippen LogP) is 3.82. The molecule has 0 spiro atoms. The maximum atomic E-state index is 13.4. The lowest BCUT2D eigenvalue weighted by atomic mass is 9.97. The van der Waals surface area contributed by atoms with Gasteiger partial charge in [-0.1, -0.05) is 18.2 Å². The van der Waals surface area contributed by atoms with Crippen LogP contribution in [0.15, 0.2) is 35.1 Å². The van der Waals surface area contributed by atoms with Crippen LogP contribution in [0.25, 0.3) is 22.3 Å². The molecule has 0 saturated carbocycles. The van der Waals surface area contributed by atoms with E-state index in [0.717, 1.165) is 39.0 Å². The van der Waals surface area contributed by atoms with Crippen molar-refractivity contribution < 1.29 is 19.1 Å². The fourth-order valence-corrected chi connectivity index (χ4v) is 4.69. The molecule has 0 unspecified atom stereocenters. The van der Waals surface area contributed by atoms with Gasteiger partial charge in [0.25, 0.3) is 5.56 Å². The maximum absolute atomic E-state index is 13.4. The molecule has 1 aromatic carbocycles. The molecule has 0 fully saturated rings. The molecular weight excluding hydrogens is 434 g/mol. The Morgan fingerprint density at radius 3 is 2.62 bits per heavy atom. The van der Waals surface area contributed by atoms with Crippen molar-refractivity contribution in [3.8, 4) is 11.4 Å². The third kappa shape index (κ3) is 4.16. The lowest BCUT2D eigenvalue weighted by molar-refractivity contribution is -0.130. The minimum absolute atomic E-state index is 0.0374. The molecule has 178 valence electrons. The van der Waals surface area contributed by atoms with Crippen molar-refractivity contribution in [2.45, 2.75) is 53.3 Å². The van der Waals surface area contributed by atoms with Gasteiger partial charge in [-0.15, -0.1) is 0 Å². The van der Waals surface area contributed by atoms with Crippen molar-refractivity contribution in [1.29, 1.82) is 0 Å². The molecule has 1 aliphatic heterocycles. The molecule has 34 heavy (non-hydrogen) atoms. The fourth-order valence-electron chi connectivity index (χ4n) is 4.69. The van der Waals surface area contributed by atoms with Gasteiger partial charge in [0.1, 0.15) is 6.61 Å². The zero-order chi connectivity index (χ0) is 24.6. The highest BCUT2D eigenvalue weighted by atomic mass is 16.7. The van der Waals surface area contributed by atoms with Gasteiger partial charge in [-0.3, -0.25) is 9.59 Å². The number of carbonyl (C=O) groups is 2. The number of rotatable bonds is 6. The van der Waals surface area contributed by atoms with E-state index in [1.165, 1.54) is 7.11 Å². The Balaban J connectivity index is 1.80. The minimum atomic E-state index is -0.831. The Hall–Kier alpha value is -3.68. The number of methoxy groups -OCH3 is 1. The summed E-state index contributed by atoms with van der Waals surface area (Å²) in [5, 5.41) is 1.03. The lowest BCUT2D eigenvalue weighted by Gasteiger charge is -2.26. The third-order valence-electron chi connectivity index (χ3n) is 6.43. The highest BCUT2D eigenvalue weighted by molar-refractivity contribution is 5.88. The Morgan fingerprint density at radius 2 is 1.94 bits per heavy atom. The van der Waals surface area contributed by atoms with Crippen molar-refractivity contribution >= 4 is 23.0 Å². The molecule has 3 aromatic rings. The number of aryl methyl sites for hydroxylation is 1. The number of hydrogen-bond acceptors (Lipinski definition) is 6. The van der Waals surface area contributed by atoms with Gasteiger partial charge in [-0.05, 0) is 50.5 Å². The SMILES string of the molecule is COC(=O)OCc1c(C)cc2n(c1=O)Cc1c-2nc2ccccc2c1CCN(C(C)=O)C(C)C. The first-order chi connectivity index (χ1) is 16.2. The number of hydrogen-bond donors (Lipinski definition) is 0. The number of amides is 1.